The van der Waals surface area contributed by atoms with Crippen molar-refractivity contribution in [2.45, 2.75) is 23.3 Å². The summed E-state index contributed by atoms with van der Waals surface area (Å²) in [7, 11) is -2.33. The Morgan fingerprint density at radius 1 is 1.53 bits per heavy atom. The average molecular weight is 289 g/mol. The summed E-state index contributed by atoms with van der Waals surface area (Å²) in [5.74, 6) is -1.19. The van der Waals surface area contributed by atoms with Crippen LogP contribution in [0.2, 0.25) is 0 Å². The second-order valence-electron chi connectivity index (χ2n) is 4.45. The Balaban J connectivity index is 2.29. The zero-order valence-electron chi connectivity index (χ0n) is 10.4. The molecule has 1 fully saturated rings. The molecule has 2 N–H and O–H groups in total. The monoisotopic (exact) mass is 289 g/mol. The largest absolute Gasteiger partial charge is 0.480 e. The Labute approximate surface area is 110 Å². The SMILES string of the molecule is Cn1cc(S(=O)(=O)NC2(C(=O)O)CCOCC2)cn1. The molecule has 1 saturated heterocycles. The summed E-state index contributed by atoms with van der Waals surface area (Å²) in [5, 5.41) is 13.1. The molecule has 19 heavy (non-hydrogen) atoms. The summed E-state index contributed by atoms with van der Waals surface area (Å²) >= 11 is 0. The standard InChI is InChI=1S/C10H15N3O5S/c1-13-7-8(6-11-13)19(16,17)12-10(9(14)15)2-4-18-5-3-10/h6-7,12H,2-5H2,1H3,(H,14,15). The molecule has 0 atom stereocenters. The van der Waals surface area contributed by atoms with Gasteiger partial charge in [0.05, 0.1) is 6.20 Å². The van der Waals surface area contributed by atoms with Crippen LogP contribution in [0.3, 0.4) is 0 Å². The lowest BCUT2D eigenvalue weighted by molar-refractivity contribution is -0.147. The Morgan fingerprint density at radius 2 is 2.16 bits per heavy atom. The topological polar surface area (TPSA) is 111 Å². The lowest BCUT2D eigenvalue weighted by Gasteiger charge is -2.33. The molecule has 9 heteroatoms. The van der Waals surface area contributed by atoms with Crippen molar-refractivity contribution in [3.63, 3.8) is 0 Å². The van der Waals surface area contributed by atoms with Gasteiger partial charge in [-0.05, 0) is 0 Å². The molecule has 2 rings (SSSR count). The molecule has 0 saturated carbocycles. The smallest absolute Gasteiger partial charge is 0.325 e. The van der Waals surface area contributed by atoms with Crippen molar-refractivity contribution in [2.24, 2.45) is 7.05 Å². The molecule has 0 radical (unpaired) electrons. The Bertz CT molecular complexity index is 574. The minimum absolute atomic E-state index is 0.0536. The van der Waals surface area contributed by atoms with E-state index in [4.69, 9.17) is 4.74 Å². The first kappa shape index (κ1) is 14.0. The summed E-state index contributed by atoms with van der Waals surface area (Å²) in [4.78, 5) is 11.3. The van der Waals surface area contributed by atoms with Crippen LogP contribution >= 0.6 is 0 Å². The molecule has 106 valence electrons. The van der Waals surface area contributed by atoms with E-state index in [-0.39, 0.29) is 31.0 Å². The number of carboxylic acid groups (broad SMARTS) is 1. The summed E-state index contributed by atoms with van der Waals surface area (Å²) in [6.07, 6.45) is 2.69. The van der Waals surface area contributed by atoms with Crippen molar-refractivity contribution in [1.29, 1.82) is 0 Å². The van der Waals surface area contributed by atoms with Crippen LogP contribution in [-0.2, 0) is 26.6 Å². The summed E-state index contributed by atoms with van der Waals surface area (Å²) in [6, 6.07) is 0. The van der Waals surface area contributed by atoms with Crippen molar-refractivity contribution in [3.05, 3.63) is 12.4 Å². The zero-order valence-corrected chi connectivity index (χ0v) is 11.2. The van der Waals surface area contributed by atoms with Gasteiger partial charge in [-0.15, -0.1) is 0 Å². The molecular weight excluding hydrogens is 274 g/mol. The van der Waals surface area contributed by atoms with Gasteiger partial charge in [0.1, 0.15) is 10.4 Å². The fraction of sp³-hybridized carbons (Fsp3) is 0.600. The van der Waals surface area contributed by atoms with E-state index in [1.165, 1.54) is 17.1 Å². The molecule has 0 bridgehead atoms. The molecule has 0 aromatic carbocycles. The second-order valence-corrected chi connectivity index (χ2v) is 6.14. The van der Waals surface area contributed by atoms with E-state index in [1.807, 2.05) is 0 Å². The molecule has 0 spiro atoms. The number of nitrogens with zero attached hydrogens (tertiary/aromatic N) is 2. The quantitative estimate of drug-likeness (QED) is 0.760. The van der Waals surface area contributed by atoms with Gasteiger partial charge in [-0.25, -0.2) is 8.42 Å². The van der Waals surface area contributed by atoms with Gasteiger partial charge in [-0.2, -0.15) is 9.82 Å². The Kier molecular flexibility index (Phi) is 3.61. The van der Waals surface area contributed by atoms with E-state index in [9.17, 15) is 18.3 Å². The molecule has 1 aliphatic heterocycles. The number of sulfonamides is 1. The van der Waals surface area contributed by atoms with Gasteiger partial charge >= 0.3 is 5.97 Å². The van der Waals surface area contributed by atoms with Crippen molar-refractivity contribution < 1.29 is 23.1 Å². The first-order chi connectivity index (χ1) is 8.86. The average Bonchev–Trinajstić information content (AvgIpc) is 2.77. The number of rotatable bonds is 4. The predicted molar refractivity (Wildman–Crippen MR) is 63.9 cm³/mol. The van der Waals surface area contributed by atoms with Crippen LogP contribution < -0.4 is 4.72 Å². The second kappa shape index (κ2) is 4.91. The minimum Gasteiger partial charge on any atom is -0.480 e. The number of carboxylic acids is 1. The predicted octanol–water partition coefficient (Wildman–Crippen LogP) is -0.668. The van der Waals surface area contributed by atoms with Crippen LogP contribution in [0.1, 0.15) is 12.8 Å². The Morgan fingerprint density at radius 3 is 2.63 bits per heavy atom. The highest BCUT2D eigenvalue weighted by Crippen LogP contribution is 2.24. The molecule has 2 heterocycles. The number of aromatic nitrogens is 2. The third-order valence-electron chi connectivity index (χ3n) is 3.08. The summed E-state index contributed by atoms with van der Waals surface area (Å²) < 4.78 is 33.0. The van der Waals surface area contributed by atoms with Gasteiger partial charge in [0.15, 0.2) is 0 Å². The van der Waals surface area contributed by atoms with Crippen LogP contribution in [-0.4, -0.2) is 48.0 Å². The van der Waals surface area contributed by atoms with E-state index in [0.29, 0.717) is 0 Å². The zero-order chi connectivity index (χ0) is 14.1. The molecule has 1 aromatic rings. The van der Waals surface area contributed by atoms with Gasteiger partial charge < -0.3 is 9.84 Å². The van der Waals surface area contributed by atoms with Gasteiger partial charge in [-0.1, -0.05) is 0 Å². The molecule has 8 nitrogen and oxygen atoms in total. The fourth-order valence-corrected chi connectivity index (χ4v) is 3.33. The molecule has 1 aromatic heterocycles. The number of nitrogens with one attached hydrogen (secondary N) is 1. The highest BCUT2D eigenvalue weighted by molar-refractivity contribution is 7.89. The van der Waals surface area contributed by atoms with Crippen molar-refractivity contribution in [1.82, 2.24) is 14.5 Å². The number of ether oxygens (including phenoxy) is 1. The van der Waals surface area contributed by atoms with E-state index < -0.39 is 21.5 Å². The lowest BCUT2D eigenvalue weighted by Crippen LogP contribution is -2.57. The van der Waals surface area contributed by atoms with E-state index in [0.717, 1.165) is 0 Å². The van der Waals surface area contributed by atoms with Gasteiger partial charge in [-0.3, -0.25) is 9.48 Å². The van der Waals surface area contributed by atoms with E-state index in [1.54, 1.807) is 7.05 Å². The number of aliphatic carboxylic acids is 1. The van der Waals surface area contributed by atoms with Crippen molar-refractivity contribution >= 4 is 16.0 Å². The van der Waals surface area contributed by atoms with Crippen LogP contribution in [0, 0.1) is 0 Å². The van der Waals surface area contributed by atoms with Crippen LogP contribution in [0.15, 0.2) is 17.3 Å². The Hall–Kier alpha value is -1.45. The first-order valence-corrected chi connectivity index (χ1v) is 7.18. The van der Waals surface area contributed by atoms with Gasteiger partial charge in [0.2, 0.25) is 10.0 Å². The highest BCUT2D eigenvalue weighted by Gasteiger charge is 2.44. The number of hydrogen-bond acceptors (Lipinski definition) is 5. The van der Waals surface area contributed by atoms with Gasteiger partial charge in [0, 0.05) is 39.3 Å². The maximum atomic E-state index is 12.2. The van der Waals surface area contributed by atoms with Crippen LogP contribution in [0.5, 0.6) is 0 Å². The molecule has 0 unspecified atom stereocenters. The third kappa shape index (κ3) is 2.77. The summed E-state index contributed by atoms with van der Waals surface area (Å²) in [6.45, 7) is 0.420. The lowest BCUT2D eigenvalue weighted by atomic mass is 9.92. The van der Waals surface area contributed by atoms with Crippen molar-refractivity contribution in [3.8, 4) is 0 Å². The number of aryl methyl sites for hydroxylation is 1. The molecule has 0 aliphatic carbocycles. The highest BCUT2D eigenvalue weighted by atomic mass is 32.2. The molecule has 1 aliphatic rings. The maximum Gasteiger partial charge on any atom is 0.325 e. The first-order valence-electron chi connectivity index (χ1n) is 5.69. The molecular formula is C10H15N3O5S. The third-order valence-corrected chi connectivity index (χ3v) is 4.57. The van der Waals surface area contributed by atoms with E-state index in [2.05, 4.69) is 9.82 Å². The normalized spacial score (nSPS) is 19.2. The van der Waals surface area contributed by atoms with Crippen LogP contribution in [0.25, 0.3) is 0 Å². The maximum absolute atomic E-state index is 12.2. The van der Waals surface area contributed by atoms with Gasteiger partial charge in [0.25, 0.3) is 0 Å². The van der Waals surface area contributed by atoms with E-state index >= 15 is 0 Å². The number of carbonyl (C=O) groups is 1. The molecule has 0 amide bonds. The fourth-order valence-electron chi connectivity index (χ4n) is 1.93. The summed E-state index contributed by atoms with van der Waals surface area (Å²) in [5.41, 5.74) is -1.51. The number of hydrogen-bond donors (Lipinski definition) is 2. The minimum atomic E-state index is -3.91. The van der Waals surface area contributed by atoms with Crippen molar-refractivity contribution in [2.75, 3.05) is 13.2 Å². The van der Waals surface area contributed by atoms with Crippen LogP contribution in [0.4, 0.5) is 0 Å².